The summed E-state index contributed by atoms with van der Waals surface area (Å²) in [4.78, 5) is 14.2. The molecule has 1 saturated heterocycles. The van der Waals surface area contributed by atoms with Gasteiger partial charge in [-0.25, -0.2) is 8.42 Å². The quantitative estimate of drug-likeness (QED) is 0.768. The normalized spacial score (nSPS) is 16.1. The zero-order valence-corrected chi connectivity index (χ0v) is 16.6. The first-order valence-corrected chi connectivity index (χ1v) is 10.1. The van der Waals surface area contributed by atoms with Gasteiger partial charge in [-0.3, -0.25) is 9.48 Å². The second kappa shape index (κ2) is 7.19. The molecule has 0 bridgehead atoms. The number of aromatic nitrogens is 2. The Kier molecular flexibility index (Phi) is 5.30. The van der Waals surface area contributed by atoms with Gasteiger partial charge >= 0.3 is 0 Å². The van der Waals surface area contributed by atoms with E-state index in [1.807, 2.05) is 6.92 Å². The van der Waals surface area contributed by atoms with E-state index in [2.05, 4.69) is 5.10 Å². The molecule has 2 heterocycles. The maximum Gasteiger partial charge on any atom is 0.257 e. The summed E-state index contributed by atoms with van der Waals surface area (Å²) in [6.45, 7) is 2.74. The van der Waals surface area contributed by atoms with Gasteiger partial charge in [-0.1, -0.05) is 29.3 Å². The van der Waals surface area contributed by atoms with E-state index in [9.17, 15) is 13.2 Å². The van der Waals surface area contributed by atoms with Crippen molar-refractivity contribution in [2.45, 2.75) is 11.8 Å². The average Bonchev–Trinajstić information content (AvgIpc) is 2.93. The molecule has 1 aromatic heterocycles. The van der Waals surface area contributed by atoms with Crippen LogP contribution in [0.2, 0.25) is 10.0 Å². The van der Waals surface area contributed by atoms with Gasteiger partial charge in [0.1, 0.15) is 4.90 Å². The number of aryl methyl sites for hydroxylation is 1. The second-order valence-electron chi connectivity index (χ2n) is 6.01. The smallest absolute Gasteiger partial charge is 0.257 e. The number of rotatable bonds is 3. The summed E-state index contributed by atoms with van der Waals surface area (Å²) in [6, 6.07) is 4.58. The lowest BCUT2D eigenvalue weighted by molar-refractivity contribution is 0.0697. The third-order valence-electron chi connectivity index (χ3n) is 4.51. The van der Waals surface area contributed by atoms with Crippen LogP contribution in [0.3, 0.4) is 0 Å². The number of amides is 1. The minimum absolute atomic E-state index is 0.0852. The number of carbonyl (C=O) groups is 1. The molecule has 10 heteroatoms. The van der Waals surface area contributed by atoms with Gasteiger partial charge < -0.3 is 4.90 Å². The Hall–Kier alpha value is -1.61. The van der Waals surface area contributed by atoms with Crippen LogP contribution < -0.4 is 0 Å². The fourth-order valence-corrected chi connectivity index (χ4v) is 5.38. The van der Waals surface area contributed by atoms with Crippen molar-refractivity contribution in [3.63, 3.8) is 0 Å². The lowest BCUT2D eigenvalue weighted by atomic mass is 10.2. The minimum atomic E-state index is -3.83. The molecule has 0 unspecified atom stereocenters. The van der Waals surface area contributed by atoms with Gasteiger partial charge in [0.2, 0.25) is 10.0 Å². The number of hydrogen-bond acceptors (Lipinski definition) is 4. The molecule has 1 aliphatic rings. The van der Waals surface area contributed by atoms with Crippen LogP contribution in [0.25, 0.3) is 0 Å². The molecule has 0 saturated carbocycles. The van der Waals surface area contributed by atoms with Gasteiger partial charge in [0.05, 0.1) is 21.8 Å². The number of carbonyl (C=O) groups excluding carboxylic acids is 1. The second-order valence-corrected chi connectivity index (χ2v) is 8.70. The summed E-state index contributed by atoms with van der Waals surface area (Å²) >= 11 is 12.1. The van der Waals surface area contributed by atoms with Crippen LogP contribution >= 0.6 is 23.2 Å². The SMILES string of the molecule is Cc1c(C(=O)N2CCN(S(=O)(=O)c3c(Cl)cccc3Cl)CC2)cnn1C. The molecular weight excluding hydrogens is 399 g/mol. The molecule has 3 rings (SSSR count). The molecule has 0 atom stereocenters. The number of halogens is 2. The van der Waals surface area contributed by atoms with Gasteiger partial charge in [-0.2, -0.15) is 9.40 Å². The summed E-state index contributed by atoms with van der Waals surface area (Å²) in [5, 5.41) is 4.25. The average molecular weight is 417 g/mol. The van der Waals surface area contributed by atoms with E-state index in [1.54, 1.807) is 22.7 Å². The maximum atomic E-state index is 12.9. The summed E-state index contributed by atoms with van der Waals surface area (Å²) in [5.74, 6) is -0.150. The van der Waals surface area contributed by atoms with Crippen LogP contribution in [0.15, 0.2) is 29.3 Å². The van der Waals surface area contributed by atoms with E-state index in [0.717, 1.165) is 5.69 Å². The van der Waals surface area contributed by atoms with E-state index in [4.69, 9.17) is 23.2 Å². The lowest BCUT2D eigenvalue weighted by Gasteiger charge is -2.34. The topological polar surface area (TPSA) is 75.5 Å². The van der Waals surface area contributed by atoms with E-state index in [-0.39, 0.29) is 47.0 Å². The van der Waals surface area contributed by atoms with Crippen LogP contribution in [0.4, 0.5) is 0 Å². The van der Waals surface area contributed by atoms with Crippen LogP contribution in [-0.2, 0) is 17.1 Å². The Bertz CT molecular complexity index is 930. The number of hydrogen-bond donors (Lipinski definition) is 0. The lowest BCUT2D eigenvalue weighted by Crippen LogP contribution is -2.50. The Morgan fingerprint density at radius 2 is 1.69 bits per heavy atom. The fourth-order valence-electron chi connectivity index (χ4n) is 2.87. The van der Waals surface area contributed by atoms with Crippen molar-refractivity contribution in [1.29, 1.82) is 0 Å². The molecule has 0 spiro atoms. The zero-order valence-electron chi connectivity index (χ0n) is 14.3. The molecular formula is C16H18Cl2N4O3S. The highest BCUT2D eigenvalue weighted by molar-refractivity contribution is 7.89. The molecule has 1 amide bonds. The number of sulfonamides is 1. The molecule has 140 valence electrons. The van der Waals surface area contributed by atoms with Gasteiger partial charge in [0.25, 0.3) is 5.91 Å². The number of benzene rings is 1. The third-order valence-corrected chi connectivity index (χ3v) is 7.36. The van der Waals surface area contributed by atoms with Crippen LogP contribution in [0.5, 0.6) is 0 Å². The Balaban J connectivity index is 1.76. The standard InChI is InChI=1S/C16H18Cl2N4O3S/c1-11-12(10-19-20(11)2)16(23)21-6-8-22(9-7-21)26(24,25)15-13(17)4-3-5-14(15)18/h3-5,10H,6-9H2,1-2H3. The van der Waals surface area contributed by atoms with E-state index in [0.29, 0.717) is 5.56 Å². The number of piperazine rings is 1. The predicted octanol–water partition coefficient (Wildman–Crippen LogP) is 2.18. The Morgan fingerprint density at radius 1 is 1.12 bits per heavy atom. The van der Waals surface area contributed by atoms with E-state index >= 15 is 0 Å². The highest BCUT2D eigenvalue weighted by Crippen LogP contribution is 2.32. The number of nitrogens with zero attached hydrogens (tertiary/aromatic N) is 4. The first-order valence-electron chi connectivity index (χ1n) is 7.95. The summed E-state index contributed by atoms with van der Waals surface area (Å²) in [5.41, 5.74) is 1.30. The van der Waals surface area contributed by atoms with Crippen molar-refractivity contribution in [3.05, 3.63) is 45.7 Å². The van der Waals surface area contributed by atoms with E-state index in [1.165, 1.54) is 22.6 Å². The van der Waals surface area contributed by atoms with Crippen molar-refractivity contribution < 1.29 is 13.2 Å². The molecule has 0 aliphatic carbocycles. The monoisotopic (exact) mass is 416 g/mol. The van der Waals surface area contributed by atoms with Gasteiger partial charge in [-0.05, 0) is 19.1 Å². The first-order chi connectivity index (χ1) is 12.2. The van der Waals surface area contributed by atoms with Crippen LogP contribution in [0.1, 0.15) is 16.1 Å². The molecule has 26 heavy (non-hydrogen) atoms. The third kappa shape index (κ3) is 3.34. The molecule has 2 aromatic rings. The van der Waals surface area contributed by atoms with E-state index < -0.39 is 10.0 Å². The predicted molar refractivity (Wildman–Crippen MR) is 99.1 cm³/mol. The fraction of sp³-hybridized carbons (Fsp3) is 0.375. The highest BCUT2D eigenvalue weighted by atomic mass is 35.5. The van der Waals surface area contributed by atoms with Gasteiger partial charge in [0, 0.05) is 38.9 Å². The molecule has 0 radical (unpaired) electrons. The van der Waals surface area contributed by atoms with Crippen molar-refractivity contribution in [2.75, 3.05) is 26.2 Å². The maximum absolute atomic E-state index is 12.9. The van der Waals surface area contributed by atoms with Gasteiger partial charge in [0.15, 0.2) is 0 Å². The van der Waals surface area contributed by atoms with Gasteiger partial charge in [-0.15, -0.1) is 0 Å². The Morgan fingerprint density at radius 3 is 2.19 bits per heavy atom. The zero-order chi connectivity index (χ0) is 19.1. The largest absolute Gasteiger partial charge is 0.336 e. The van der Waals surface area contributed by atoms with Crippen LogP contribution in [0, 0.1) is 6.92 Å². The summed E-state index contributed by atoms with van der Waals surface area (Å²) in [7, 11) is -2.06. The Labute approximate surface area is 162 Å². The summed E-state index contributed by atoms with van der Waals surface area (Å²) in [6.07, 6.45) is 1.53. The molecule has 1 aliphatic heterocycles. The molecule has 1 fully saturated rings. The molecule has 0 N–H and O–H groups in total. The van der Waals surface area contributed by atoms with Crippen LogP contribution in [-0.4, -0.2) is 59.5 Å². The minimum Gasteiger partial charge on any atom is -0.336 e. The highest BCUT2D eigenvalue weighted by Gasteiger charge is 2.33. The van der Waals surface area contributed by atoms with Crippen molar-refractivity contribution in [2.24, 2.45) is 7.05 Å². The molecule has 7 nitrogen and oxygen atoms in total. The first kappa shape index (κ1) is 19.2. The summed E-state index contributed by atoms with van der Waals surface area (Å²) < 4.78 is 28.7. The van der Waals surface area contributed by atoms with Crippen molar-refractivity contribution in [1.82, 2.24) is 19.0 Å². The molecule has 1 aromatic carbocycles. The van der Waals surface area contributed by atoms with Crippen molar-refractivity contribution in [3.8, 4) is 0 Å². The van der Waals surface area contributed by atoms with Crippen molar-refractivity contribution >= 4 is 39.1 Å².